The number of aliphatic hydroxyl groups excluding tert-OH is 1. The number of rotatable bonds is 8. The van der Waals surface area contributed by atoms with Crippen LogP contribution in [0.1, 0.15) is 19.2 Å². The fourth-order valence-corrected chi connectivity index (χ4v) is 2.34. The number of nitrogens with zero attached hydrogens (tertiary/aromatic N) is 3. The van der Waals surface area contributed by atoms with Gasteiger partial charge in [-0.2, -0.15) is 4.98 Å². The van der Waals surface area contributed by atoms with E-state index >= 15 is 0 Å². The minimum absolute atomic E-state index is 0.164. The molecule has 2 rings (SSSR count). The Hall–Kier alpha value is -1.43. The minimum Gasteiger partial charge on any atom is -0.395 e. The minimum atomic E-state index is 0.164. The van der Waals surface area contributed by atoms with Crippen molar-refractivity contribution < 1.29 is 9.63 Å². The zero-order valence-electron chi connectivity index (χ0n) is 12.1. The summed E-state index contributed by atoms with van der Waals surface area (Å²) >= 11 is 5.96. The van der Waals surface area contributed by atoms with Gasteiger partial charge in [-0.05, 0) is 25.1 Å². The molecule has 0 aliphatic rings. The Kier molecular flexibility index (Phi) is 6.17. The lowest BCUT2D eigenvalue weighted by molar-refractivity contribution is 0.193. The molecule has 0 saturated carbocycles. The summed E-state index contributed by atoms with van der Waals surface area (Å²) in [5.74, 6) is 1.15. The van der Waals surface area contributed by atoms with Gasteiger partial charge in [-0.25, -0.2) is 0 Å². The van der Waals surface area contributed by atoms with Gasteiger partial charge in [0.15, 0.2) is 0 Å². The average Bonchev–Trinajstić information content (AvgIpc) is 2.94. The van der Waals surface area contributed by atoms with Crippen molar-refractivity contribution in [2.24, 2.45) is 0 Å². The monoisotopic (exact) mass is 309 g/mol. The summed E-state index contributed by atoms with van der Waals surface area (Å²) in [5, 5.41) is 13.7. The smallest absolute Gasteiger partial charge is 0.228 e. The van der Waals surface area contributed by atoms with Crippen LogP contribution < -0.4 is 0 Å². The van der Waals surface area contributed by atoms with Gasteiger partial charge in [0.25, 0.3) is 0 Å². The predicted molar refractivity (Wildman–Crippen MR) is 82.3 cm³/mol. The molecule has 0 saturated heterocycles. The van der Waals surface area contributed by atoms with Crippen molar-refractivity contribution >= 4 is 11.6 Å². The molecule has 0 unspecified atom stereocenters. The van der Waals surface area contributed by atoms with Crippen LogP contribution in [0.4, 0.5) is 0 Å². The molecule has 0 amide bonds. The summed E-state index contributed by atoms with van der Waals surface area (Å²) in [6.45, 7) is 4.70. The molecule has 0 bridgehead atoms. The van der Waals surface area contributed by atoms with Crippen LogP contribution in [-0.4, -0.2) is 46.4 Å². The van der Waals surface area contributed by atoms with Crippen molar-refractivity contribution in [2.75, 3.05) is 26.2 Å². The van der Waals surface area contributed by atoms with E-state index in [4.69, 9.17) is 21.2 Å². The summed E-state index contributed by atoms with van der Waals surface area (Å²) in [7, 11) is 0. The molecule has 0 aliphatic carbocycles. The van der Waals surface area contributed by atoms with Crippen molar-refractivity contribution in [3.05, 3.63) is 35.2 Å². The molecule has 114 valence electrons. The van der Waals surface area contributed by atoms with Gasteiger partial charge >= 0.3 is 0 Å². The molecule has 0 radical (unpaired) electrons. The molecule has 1 aromatic carbocycles. The van der Waals surface area contributed by atoms with Gasteiger partial charge in [0.2, 0.25) is 11.7 Å². The first-order chi connectivity index (χ1) is 10.2. The van der Waals surface area contributed by atoms with E-state index in [2.05, 4.69) is 22.0 Å². The normalized spacial score (nSPS) is 11.2. The lowest BCUT2D eigenvalue weighted by atomic mass is 10.2. The molecule has 6 heteroatoms. The second kappa shape index (κ2) is 8.12. The second-order valence-electron chi connectivity index (χ2n) is 4.84. The van der Waals surface area contributed by atoms with E-state index in [-0.39, 0.29) is 6.61 Å². The fourth-order valence-electron chi connectivity index (χ4n) is 2.15. The summed E-state index contributed by atoms with van der Waals surface area (Å²) in [4.78, 5) is 6.57. The quantitative estimate of drug-likeness (QED) is 0.812. The SMILES string of the molecule is CCCN(CCO)CCc1nc(-c2cccc(Cl)c2)no1. The molecular weight excluding hydrogens is 290 g/mol. The van der Waals surface area contributed by atoms with E-state index in [1.807, 2.05) is 24.3 Å². The van der Waals surface area contributed by atoms with Gasteiger partial charge in [0, 0.05) is 30.1 Å². The molecule has 0 atom stereocenters. The number of hydrogen-bond acceptors (Lipinski definition) is 5. The van der Waals surface area contributed by atoms with Gasteiger partial charge in [0.05, 0.1) is 6.61 Å². The van der Waals surface area contributed by atoms with E-state index in [1.54, 1.807) is 0 Å². The van der Waals surface area contributed by atoms with Gasteiger partial charge in [-0.1, -0.05) is 35.8 Å². The van der Waals surface area contributed by atoms with E-state index in [0.29, 0.717) is 29.7 Å². The first kappa shape index (κ1) is 15.9. The van der Waals surface area contributed by atoms with E-state index in [9.17, 15) is 0 Å². The molecule has 0 fully saturated rings. The lowest BCUT2D eigenvalue weighted by Crippen LogP contribution is -2.29. The molecule has 0 spiro atoms. The Morgan fingerprint density at radius 2 is 2.14 bits per heavy atom. The van der Waals surface area contributed by atoms with Crippen LogP contribution in [0.15, 0.2) is 28.8 Å². The standard InChI is InChI=1S/C15H20ClN3O2/c1-2-7-19(9-10-20)8-6-14-17-15(18-21-14)12-4-3-5-13(16)11-12/h3-5,11,20H,2,6-10H2,1H3. The number of halogens is 1. The molecule has 5 nitrogen and oxygen atoms in total. The maximum absolute atomic E-state index is 9.03. The highest BCUT2D eigenvalue weighted by molar-refractivity contribution is 6.30. The molecular formula is C15H20ClN3O2. The Bertz CT molecular complexity index is 553. The third kappa shape index (κ3) is 4.81. The summed E-state index contributed by atoms with van der Waals surface area (Å²) < 4.78 is 5.27. The molecule has 0 aliphatic heterocycles. The predicted octanol–water partition coefficient (Wildman–Crippen LogP) is 2.64. The molecule has 2 aromatic rings. The Labute approximate surface area is 129 Å². The lowest BCUT2D eigenvalue weighted by Gasteiger charge is -2.19. The molecule has 1 heterocycles. The van der Waals surface area contributed by atoms with E-state index in [1.165, 1.54) is 0 Å². The van der Waals surface area contributed by atoms with Crippen LogP contribution in [0.25, 0.3) is 11.4 Å². The van der Waals surface area contributed by atoms with Crippen molar-refractivity contribution in [1.29, 1.82) is 0 Å². The highest BCUT2D eigenvalue weighted by Gasteiger charge is 2.11. The maximum Gasteiger partial charge on any atom is 0.228 e. The van der Waals surface area contributed by atoms with Crippen molar-refractivity contribution in [3.8, 4) is 11.4 Å². The summed E-state index contributed by atoms with van der Waals surface area (Å²) in [6, 6.07) is 7.38. The highest BCUT2D eigenvalue weighted by atomic mass is 35.5. The van der Waals surface area contributed by atoms with Crippen LogP contribution in [0.2, 0.25) is 5.02 Å². The van der Waals surface area contributed by atoms with Gasteiger partial charge in [-0.3, -0.25) is 0 Å². The first-order valence-corrected chi connectivity index (χ1v) is 7.52. The number of aliphatic hydroxyl groups is 1. The van der Waals surface area contributed by atoms with Crippen molar-refractivity contribution in [3.63, 3.8) is 0 Å². The van der Waals surface area contributed by atoms with Crippen molar-refractivity contribution in [1.82, 2.24) is 15.0 Å². The zero-order valence-corrected chi connectivity index (χ0v) is 12.9. The molecule has 1 N–H and O–H groups in total. The maximum atomic E-state index is 9.03. The molecule has 21 heavy (non-hydrogen) atoms. The fraction of sp³-hybridized carbons (Fsp3) is 0.467. The third-order valence-electron chi connectivity index (χ3n) is 3.15. The van der Waals surface area contributed by atoms with E-state index < -0.39 is 0 Å². The largest absolute Gasteiger partial charge is 0.395 e. The zero-order chi connectivity index (χ0) is 15.1. The first-order valence-electron chi connectivity index (χ1n) is 7.14. The van der Waals surface area contributed by atoms with Crippen LogP contribution in [-0.2, 0) is 6.42 Å². The highest BCUT2D eigenvalue weighted by Crippen LogP contribution is 2.20. The second-order valence-corrected chi connectivity index (χ2v) is 5.27. The summed E-state index contributed by atoms with van der Waals surface area (Å²) in [6.07, 6.45) is 1.73. The summed E-state index contributed by atoms with van der Waals surface area (Å²) in [5.41, 5.74) is 0.846. The Morgan fingerprint density at radius 3 is 2.86 bits per heavy atom. The van der Waals surface area contributed by atoms with Crippen LogP contribution in [0.5, 0.6) is 0 Å². The molecule has 1 aromatic heterocycles. The van der Waals surface area contributed by atoms with Gasteiger partial charge < -0.3 is 14.5 Å². The third-order valence-corrected chi connectivity index (χ3v) is 3.38. The topological polar surface area (TPSA) is 62.4 Å². The van der Waals surface area contributed by atoms with Crippen molar-refractivity contribution in [2.45, 2.75) is 19.8 Å². The Morgan fingerprint density at radius 1 is 1.29 bits per heavy atom. The number of aromatic nitrogens is 2. The van der Waals surface area contributed by atoms with Crippen LogP contribution >= 0.6 is 11.6 Å². The number of hydrogen-bond donors (Lipinski definition) is 1. The number of benzene rings is 1. The van der Waals surface area contributed by atoms with E-state index in [0.717, 1.165) is 25.1 Å². The van der Waals surface area contributed by atoms with Gasteiger partial charge in [-0.15, -0.1) is 0 Å². The Balaban J connectivity index is 1.96. The van der Waals surface area contributed by atoms with Crippen LogP contribution in [0, 0.1) is 0 Å². The average molecular weight is 310 g/mol. The van der Waals surface area contributed by atoms with Gasteiger partial charge in [0.1, 0.15) is 0 Å². The van der Waals surface area contributed by atoms with Crippen LogP contribution in [0.3, 0.4) is 0 Å².